The van der Waals surface area contributed by atoms with Crippen molar-refractivity contribution in [2.45, 2.75) is 6.92 Å². The molecule has 0 amide bonds. The Balaban J connectivity index is 1.99. The van der Waals surface area contributed by atoms with E-state index in [2.05, 4.69) is 68.1 Å². The minimum atomic E-state index is 0.990. The summed E-state index contributed by atoms with van der Waals surface area (Å²) in [6.45, 7) is 5.87. The van der Waals surface area contributed by atoms with Crippen molar-refractivity contribution in [1.82, 2.24) is 4.98 Å². The molecule has 1 heteroatoms. The van der Waals surface area contributed by atoms with Gasteiger partial charge in [0, 0.05) is 11.1 Å². The number of rotatable bonds is 3. The molecule has 0 aliphatic carbocycles. The topological polar surface area (TPSA) is 12.9 Å². The zero-order chi connectivity index (χ0) is 14.7. The molecule has 0 aliphatic heterocycles. The van der Waals surface area contributed by atoms with Gasteiger partial charge in [-0.25, -0.2) is 4.98 Å². The van der Waals surface area contributed by atoms with E-state index in [1.807, 2.05) is 18.2 Å². The molecule has 0 spiro atoms. The molecule has 2 aromatic carbocycles. The largest absolute Gasteiger partial charge is 0.248 e. The predicted octanol–water partition coefficient (Wildman–Crippen LogP) is 5.37. The van der Waals surface area contributed by atoms with Gasteiger partial charge in [0.05, 0.1) is 11.4 Å². The first-order valence-corrected chi connectivity index (χ1v) is 7.03. The molecule has 102 valence electrons. The van der Waals surface area contributed by atoms with Crippen molar-refractivity contribution in [2.75, 3.05) is 0 Å². The standard InChI is InChI=1S/C20H17N/c1-3-16-9-13-18(14-10-16)20-6-4-5-19(21-20)17-11-7-15(2)8-12-17/h3-14H,1H2,2H3. The maximum absolute atomic E-state index is 4.77. The highest BCUT2D eigenvalue weighted by Gasteiger charge is 2.03. The number of aryl methyl sites for hydroxylation is 1. The van der Waals surface area contributed by atoms with Gasteiger partial charge in [-0.3, -0.25) is 0 Å². The van der Waals surface area contributed by atoms with Crippen LogP contribution in [0.5, 0.6) is 0 Å². The molecule has 3 rings (SSSR count). The van der Waals surface area contributed by atoms with Gasteiger partial charge in [0.2, 0.25) is 0 Å². The lowest BCUT2D eigenvalue weighted by atomic mass is 10.1. The van der Waals surface area contributed by atoms with E-state index in [1.165, 1.54) is 5.56 Å². The maximum atomic E-state index is 4.77. The Labute approximate surface area is 125 Å². The molecule has 1 nitrogen and oxygen atoms in total. The minimum absolute atomic E-state index is 0.990. The maximum Gasteiger partial charge on any atom is 0.0709 e. The monoisotopic (exact) mass is 271 g/mol. The van der Waals surface area contributed by atoms with Crippen molar-refractivity contribution in [2.24, 2.45) is 0 Å². The normalized spacial score (nSPS) is 10.3. The number of aromatic nitrogens is 1. The van der Waals surface area contributed by atoms with Gasteiger partial charge in [-0.2, -0.15) is 0 Å². The average Bonchev–Trinajstić information content (AvgIpc) is 2.56. The fourth-order valence-electron chi connectivity index (χ4n) is 2.27. The highest BCUT2D eigenvalue weighted by molar-refractivity contribution is 5.67. The summed E-state index contributed by atoms with van der Waals surface area (Å²) in [5, 5.41) is 0. The van der Waals surface area contributed by atoms with E-state index in [-0.39, 0.29) is 0 Å². The second-order valence-corrected chi connectivity index (χ2v) is 5.10. The summed E-state index contributed by atoms with van der Waals surface area (Å²) in [6, 6.07) is 22.9. The lowest BCUT2D eigenvalue weighted by molar-refractivity contribution is 1.32. The quantitative estimate of drug-likeness (QED) is 0.624. The molecule has 0 aliphatic rings. The third-order valence-corrected chi connectivity index (χ3v) is 3.54. The predicted molar refractivity (Wildman–Crippen MR) is 89.9 cm³/mol. The Morgan fingerprint density at radius 3 is 1.81 bits per heavy atom. The highest BCUT2D eigenvalue weighted by Crippen LogP contribution is 2.23. The Morgan fingerprint density at radius 1 is 0.762 bits per heavy atom. The smallest absolute Gasteiger partial charge is 0.0709 e. The summed E-state index contributed by atoms with van der Waals surface area (Å²) >= 11 is 0. The van der Waals surface area contributed by atoms with Crippen molar-refractivity contribution in [3.63, 3.8) is 0 Å². The molecule has 1 aromatic heterocycles. The Morgan fingerprint density at radius 2 is 1.29 bits per heavy atom. The van der Waals surface area contributed by atoms with Crippen molar-refractivity contribution < 1.29 is 0 Å². The van der Waals surface area contributed by atoms with Gasteiger partial charge in [0.1, 0.15) is 0 Å². The van der Waals surface area contributed by atoms with Crippen LogP contribution in [0.25, 0.3) is 28.6 Å². The van der Waals surface area contributed by atoms with E-state index in [9.17, 15) is 0 Å². The Kier molecular flexibility index (Phi) is 3.65. The number of hydrogen-bond acceptors (Lipinski definition) is 1. The van der Waals surface area contributed by atoms with Gasteiger partial charge in [0.15, 0.2) is 0 Å². The van der Waals surface area contributed by atoms with Gasteiger partial charge in [-0.1, -0.05) is 72.8 Å². The summed E-state index contributed by atoms with van der Waals surface area (Å²) < 4.78 is 0. The number of pyridine rings is 1. The first-order valence-electron chi connectivity index (χ1n) is 7.03. The van der Waals surface area contributed by atoms with Gasteiger partial charge < -0.3 is 0 Å². The molecule has 3 aromatic rings. The first kappa shape index (κ1) is 13.3. The number of benzene rings is 2. The Bertz CT molecular complexity index is 753. The van der Waals surface area contributed by atoms with E-state index in [4.69, 9.17) is 4.98 Å². The summed E-state index contributed by atoms with van der Waals surface area (Å²) in [5.41, 5.74) is 6.63. The molecule has 21 heavy (non-hydrogen) atoms. The molecule has 0 N–H and O–H groups in total. The van der Waals surface area contributed by atoms with Crippen LogP contribution in [-0.4, -0.2) is 4.98 Å². The van der Waals surface area contributed by atoms with Crippen LogP contribution in [0.3, 0.4) is 0 Å². The van der Waals surface area contributed by atoms with Gasteiger partial charge >= 0.3 is 0 Å². The average molecular weight is 271 g/mol. The van der Waals surface area contributed by atoms with E-state index in [1.54, 1.807) is 0 Å². The van der Waals surface area contributed by atoms with Crippen molar-refractivity contribution in [3.05, 3.63) is 84.4 Å². The van der Waals surface area contributed by atoms with E-state index < -0.39 is 0 Å². The Hall–Kier alpha value is -2.67. The number of nitrogens with zero attached hydrogens (tertiary/aromatic N) is 1. The number of hydrogen-bond donors (Lipinski definition) is 0. The third kappa shape index (κ3) is 2.92. The molecule has 0 unspecified atom stereocenters. The van der Waals surface area contributed by atoms with Gasteiger partial charge in [-0.15, -0.1) is 0 Å². The molecule has 0 bridgehead atoms. The van der Waals surface area contributed by atoms with Crippen LogP contribution in [0.2, 0.25) is 0 Å². The first-order chi connectivity index (χ1) is 10.3. The molecule has 0 radical (unpaired) electrons. The van der Waals surface area contributed by atoms with Crippen LogP contribution in [0.15, 0.2) is 73.3 Å². The lowest BCUT2D eigenvalue weighted by Crippen LogP contribution is -1.88. The van der Waals surface area contributed by atoms with E-state index in [0.29, 0.717) is 0 Å². The van der Waals surface area contributed by atoms with E-state index >= 15 is 0 Å². The summed E-state index contributed by atoms with van der Waals surface area (Å²) in [7, 11) is 0. The molecular formula is C20H17N. The molecule has 1 heterocycles. The molecule has 0 saturated carbocycles. The van der Waals surface area contributed by atoms with Crippen LogP contribution in [0.4, 0.5) is 0 Å². The van der Waals surface area contributed by atoms with E-state index in [0.717, 1.165) is 28.1 Å². The van der Waals surface area contributed by atoms with Crippen LogP contribution in [0.1, 0.15) is 11.1 Å². The van der Waals surface area contributed by atoms with Gasteiger partial charge in [0.25, 0.3) is 0 Å². The van der Waals surface area contributed by atoms with Crippen molar-refractivity contribution in [1.29, 1.82) is 0 Å². The summed E-state index contributed by atoms with van der Waals surface area (Å²) in [4.78, 5) is 4.77. The zero-order valence-corrected chi connectivity index (χ0v) is 12.1. The summed E-state index contributed by atoms with van der Waals surface area (Å²) in [6.07, 6.45) is 1.85. The molecular weight excluding hydrogens is 254 g/mol. The lowest BCUT2D eigenvalue weighted by Gasteiger charge is -2.06. The SMILES string of the molecule is C=Cc1ccc(-c2cccc(-c3ccc(C)cc3)n2)cc1. The highest BCUT2D eigenvalue weighted by atomic mass is 14.7. The van der Waals surface area contributed by atoms with Gasteiger partial charge in [-0.05, 0) is 24.6 Å². The van der Waals surface area contributed by atoms with Crippen LogP contribution >= 0.6 is 0 Å². The second-order valence-electron chi connectivity index (χ2n) is 5.10. The fourth-order valence-corrected chi connectivity index (χ4v) is 2.27. The second kappa shape index (κ2) is 5.76. The van der Waals surface area contributed by atoms with Crippen LogP contribution < -0.4 is 0 Å². The van der Waals surface area contributed by atoms with Crippen LogP contribution in [-0.2, 0) is 0 Å². The molecule has 0 fully saturated rings. The molecule has 0 saturated heterocycles. The third-order valence-electron chi connectivity index (χ3n) is 3.54. The zero-order valence-electron chi connectivity index (χ0n) is 12.1. The molecule has 0 atom stereocenters. The van der Waals surface area contributed by atoms with Crippen LogP contribution in [0, 0.1) is 6.92 Å². The summed E-state index contributed by atoms with van der Waals surface area (Å²) in [5.74, 6) is 0. The van der Waals surface area contributed by atoms with Crippen molar-refractivity contribution in [3.8, 4) is 22.5 Å². The minimum Gasteiger partial charge on any atom is -0.248 e. The fraction of sp³-hybridized carbons (Fsp3) is 0.0500. The van der Waals surface area contributed by atoms with Crippen molar-refractivity contribution >= 4 is 6.08 Å².